The normalized spacial score (nSPS) is 12.1. The van der Waals surface area contributed by atoms with E-state index in [4.69, 9.17) is 4.98 Å². The minimum Gasteiger partial charge on any atom is -0.250 e. The van der Waals surface area contributed by atoms with Crippen LogP contribution in [-0.2, 0) is 0 Å². The molecule has 7 aromatic rings. The second-order valence-electron chi connectivity index (χ2n) is 7.32. The zero-order chi connectivity index (χ0) is 18.9. The minimum atomic E-state index is 0.882. The Balaban J connectivity index is 1.60. The van der Waals surface area contributed by atoms with E-state index in [2.05, 4.69) is 76.7 Å². The van der Waals surface area contributed by atoms with Crippen LogP contribution in [0.5, 0.6) is 0 Å². The van der Waals surface area contributed by atoms with Crippen molar-refractivity contribution in [3.05, 3.63) is 79.1 Å². The maximum Gasteiger partial charge on any atom is 0.144 e. The predicted molar refractivity (Wildman–Crippen MR) is 122 cm³/mol. The summed E-state index contributed by atoms with van der Waals surface area (Å²) < 4.78 is 1.12. The van der Waals surface area contributed by atoms with E-state index in [9.17, 15) is 0 Å². The van der Waals surface area contributed by atoms with Crippen LogP contribution < -0.4 is 0 Å². The van der Waals surface area contributed by atoms with E-state index in [1.54, 1.807) is 23.7 Å². The van der Waals surface area contributed by atoms with Gasteiger partial charge in [-0.05, 0) is 44.5 Å². The maximum absolute atomic E-state index is 5.02. The number of hydrogen-bond donors (Lipinski definition) is 0. The summed E-state index contributed by atoms with van der Waals surface area (Å²) >= 11 is 1.64. The van der Waals surface area contributed by atoms with Crippen molar-refractivity contribution in [1.82, 2.24) is 15.0 Å². The van der Waals surface area contributed by atoms with Gasteiger partial charge in [0.1, 0.15) is 15.9 Å². The zero-order valence-corrected chi connectivity index (χ0v) is 16.1. The lowest BCUT2D eigenvalue weighted by molar-refractivity contribution is 1.31. The molecule has 4 aromatic carbocycles. The monoisotopic (exact) mass is 387 g/mol. The molecule has 0 radical (unpaired) electrons. The molecule has 3 nitrogen and oxygen atoms in total. The van der Waals surface area contributed by atoms with E-state index in [1.165, 1.54) is 32.3 Å². The van der Waals surface area contributed by atoms with Gasteiger partial charge in [-0.25, -0.2) is 15.0 Å². The number of aromatic nitrogens is 3. The minimum absolute atomic E-state index is 0.882. The highest BCUT2D eigenvalue weighted by atomic mass is 32.1. The fourth-order valence-electron chi connectivity index (χ4n) is 4.47. The highest BCUT2D eigenvalue weighted by Gasteiger charge is 2.14. The van der Waals surface area contributed by atoms with E-state index in [0.29, 0.717) is 0 Å². The maximum atomic E-state index is 5.02. The average molecular weight is 387 g/mol. The molecule has 0 N–H and O–H groups in total. The fourth-order valence-corrected chi connectivity index (χ4v) is 5.42. The van der Waals surface area contributed by atoms with Crippen molar-refractivity contribution in [2.24, 2.45) is 0 Å². The number of nitrogens with zero attached hydrogens (tertiary/aromatic N) is 3. The Labute approximate surface area is 169 Å². The number of rotatable bonds is 1. The Morgan fingerprint density at radius 3 is 2.28 bits per heavy atom. The van der Waals surface area contributed by atoms with Crippen LogP contribution in [0.4, 0.5) is 0 Å². The second-order valence-corrected chi connectivity index (χ2v) is 8.36. The Morgan fingerprint density at radius 1 is 0.621 bits per heavy atom. The van der Waals surface area contributed by atoms with E-state index in [1.807, 2.05) is 0 Å². The lowest BCUT2D eigenvalue weighted by Gasteiger charge is -2.13. The average Bonchev–Trinajstić information content (AvgIpc) is 3.15. The van der Waals surface area contributed by atoms with Gasteiger partial charge in [0.25, 0.3) is 0 Å². The summed E-state index contributed by atoms with van der Waals surface area (Å²) in [7, 11) is 0. The molecule has 29 heavy (non-hydrogen) atoms. The fraction of sp³-hybridized carbons (Fsp3) is 0. The summed E-state index contributed by atoms with van der Waals surface area (Å²) in [5.74, 6) is 0. The molecule has 0 aliphatic heterocycles. The van der Waals surface area contributed by atoms with Gasteiger partial charge in [0.05, 0.1) is 10.4 Å². The van der Waals surface area contributed by atoms with Crippen molar-refractivity contribution in [1.29, 1.82) is 0 Å². The first-order chi connectivity index (χ1) is 14.4. The smallest absolute Gasteiger partial charge is 0.144 e. The van der Waals surface area contributed by atoms with Crippen LogP contribution in [0.3, 0.4) is 0 Å². The molecule has 0 spiro atoms. The molecule has 0 amide bonds. The summed E-state index contributed by atoms with van der Waals surface area (Å²) in [6.07, 6.45) is 3.47. The van der Waals surface area contributed by atoms with Crippen molar-refractivity contribution in [2.45, 2.75) is 0 Å². The van der Waals surface area contributed by atoms with Crippen LogP contribution in [0.25, 0.3) is 64.1 Å². The number of thiophene rings is 1. The molecule has 0 saturated heterocycles. The first kappa shape index (κ1) is 15.3. The van der Waals surface area contributed by atoms with Gasteiger partial charge in [-0.2, -0.15) is 0 Å². The van der Waals surface area contributed by atoms with Crippen LogP contribution >= 0.6 is 11.3 Å². The van der Waals surface area contributed by atoms with E-state index in [0.717, 1.165) is 31.8 Å². The number of hydrogen-bond acceptors (Lipinski definition) is 4. The molecule has 0 aliphatic carbocycles. The number of fused-ring (bicyclic) bond motifs is 3. The molecule has 3 aromatic heterocycles. The van der Waals surface area contributed by atoms with Gasteiger partial charge in [-0.15, -0.1) is 11.3 Å². The first-order valence-electron chi connectivity index (χ1n) is 9.54. The third kappa shape index (κ3) is 2.04. The lowest BCUT2D eigenvalue weighted by atomic mass is 9.91. The molecule has 0 aliphatic rings. The Kier molecular flexibility index (Phi) is 2.88. The molecule has 0 bridgehead atoms. The van der Waals surface area contributed by atoms with Gasteiger partial charge in [0.15, 0.2) is 0 Å². The molecule has 0 fully saturated rings. The van der Waals surface area contributed by atoms with Crippen molar-refractivity contribution >= 4 is 64.2 Å². The van der Waals surface area contributed by atoms with Crippen molar-refractivity contribution in [3.63, 3.8) is 0 Å². The van der Waals surface area contributed by atoms with Crippen LogP contribution in [0.1, 0.15) is 0 Å². The predicted octanol–water partition coefficient (Wildman–Crippen LogP) is 6.80. The molecule has 134 valence electrons. The van der Waals surface area contributed by atoms with E-state index >= 15 is 0 Å². The van der Waals surface area contributed by atoms with Crippen LogP contribution in [0.15, 0.2) is 79.1 Å². The third-order valence-electron chi connectivity index (χ3n) is 5.76. The van der Waals surface area contributed by atoms with Crippen LogP contribution in [0, 0.1) is 0 Å². The molecule has 3 heterocycles. The van der Waals surface area contributed by atoms with E-state index < -0.39 is 0 Å². The quantitative estimate of drug-likeness (QED) is 0.291. The van der Waals surface area contributed by atoms with Crippen LogP contribution in [0.2, 0.25) is 0 Å². The molecular weight excluding hydrogens is 374 g/mol. The molecule has 0 saturated carbocycles. The molecule has 0 unspecified atom stereocenters. The molecule has 4 heteroatoms. The molecular formula is C25H13N3S. The molecule has 7 rings (SSSR count). The highest BCUT2D eigenvalue weighted by Crippen LogP contribution is 2.39. The van der Waals surface area contributed by atoms with Gasteiger partial charge in [-0.3, -0.25) is 0 Å². The van der Waals surface area contributed by atoms with Gasteiger partial charge in [0.2, 0.25) is 0 Å². The number of pyridine rings is 1. The zero-order valence-electron chi connectivity index (χ0n) is 15.3. The Bertz CT molecular complexity index is 1700. The largest absolute Gasteiger partial charge is 0.250 e. The molecule has 0 atom stereocenters. The third-order valence-corrected chi connectivity index (χ3v) is 6.80. The van der Waals surface area contributed by atoms with Gasteiger partial charge in [0, 0.05) is 18.0 Å². The standard InChI is InChI=1S/C25H13N3S/c1-2-14-4-5-16-6-8-17(18-9-7-15(3-1)21(14)22(16)18)19-10-11-20-23(28-19)24-25(29-20)27-13-12-26-24/h1-13H. The topological polar surface area (TPSA) is 38.7 Å². The summed E-state index contributed by atoms with van der Waals surface area (Å²) in [5, 5.41) is 7.71. The summed E-state index contributed by atoms with van der Waals surface area (Å²) in [6, 6.07) is 24.0. The van der Waals surface area contributed by atoms with Crippen molar-refractivity contribution in [2.75, 3.05) is 0 Å². The Morgan fingerprint density at radius 2 is 1.38 bits per heavy atom. The van der Waals surface area contributed by atoms with E-state index in [-0.39, 0.29) is 0 Å². The lowest BCUT2D eigenvalue weighted by Crippen LogP contribution is -1.89. The second kappa shape index (κ2) is 5.46. The first-order valence-corrected chi connectivity index (χ1v) is 10.4. The van der Waals surface area contributed by atoms with Gasteiger partial charge >= 0.3 is 0 Å². The highest BCUT2D eigenvalue weighted by molar-refractivity contribution is 7.25. The summed E-state index contributed by atoms with van der Waals surface area (Å²) in [5.41, 5.74) is 3.94. The van der Waals surface area contributed by atoms with Crippen molar-refractivity contribution < 1.29 is 0 Å². The Hall–Kier alpha value is -3.63. The van der Waals surface area contributed by atoms with Gasteiger partial charge < -0.3 is 0 Å². The number of benzene rings is 4. The summed E-state index contributed by atoms with van der Waals surface area (Å²) in [6.45, 7) is 0. The van der Waals surface area contributed by atoms with Gasteiger partial charge in [-0.1, -0.05) is 54.6 Å². The van der Waals surface area contributed by atoms with Crippen molar-refractivity contribution in [3.8, 4) is 11.3 Å². The van der Waals surface area contributed by atoms with Crippen LogP contribution in [-0.4, -0.2) is 15.0 Å². The summed E-state index contributed by atoms with van der Waals surface area (Å²) in [4.78, 5) is 14.9. The SMILES string of the molecule is c1cc2ccc3ccc(-c4ccc5sc6nccnc6c5n4)c4ccc(c1)c2c34.